The Hall–Kier alpha value is -2.82. The number of rotatable bonds is 9. The first-order valence-electron chi connectivity index (χ1n) is 9.00. The van der Waals surface area contributed by atoms with Gasteiger partial charge in [-0.3, -0.25) is 14.7 Å². The van der Waals surface area contributed by atoms with E-state index in [0.717, 1.165) is 17.8 Å². The van der Waals surface area contributed by atoms with Crippen LogP contribution in [-0.2, 0) is 29.0 Å². The summed E-state index contributed by atoms with van der Waals surface area (Å²) in [7, 11) is 0. The molecule has 0 radical (unpaired) electrons. The van der Waals surface area contributed by atoms with Crippen molar-refractivity contribution in [3.05, 3.63) is 60.8 Å². The van der Waals surface area contributed by atoms with Crippen molar-refractivity contribution in [2.45, 2.75) is 26.4 Å². The standard InChI is InChI=1S/C19H23N5O4S/c1-19(13-29(27)28,18(25)22-26)7-8-24-11-16(9-21-24)17-12-23(14-20-17)10-15-5-3-2-4-6-15/h2-6,9,11-12,14,26H,7-8,10,13H2,1H3,(H,22,25)(H,27,28). The maximum absolute atomic E-state index is 11.9. The minimum atomic E-state index is -2.17. The van der Waals surface area contributed by atoms with Crippen LogP contribution < -0.4 is 5.48 Å². The molecule has 154 valence electrons. The molecule has 1 aromatic carbocycles. The second-order valence-corrected chi connectivity index (χ2v) is 8.06. The third-order valence-corrected chi connectivity index (χ3v) is 5.64. The van der Waals surface area contributed by atoms with E-state index in [4.69, 9.17) is 9.76 Å². The number of imidazole rings is 1. The Balaban J connectivity index is 1.66. The summed E-state index contributed by atoms with van der Waals surface area (Å²) in [5.74, 6) is -0.982. The highest BCUT2D eigenvalue weighted by Crippen LogP contribution is 2.24. The van der Waals surface area contributed by atoms with Crippen molar-refractivity contribution in [3.8, 4) is 11.3 Å². The second kappa shape index (κ2) is 9.12. The molecule has 2 heterocycles. The molecule has 0 aliphatic rings. The van der Waals surface area contributed by atoms with Crippen LogP contribution in [0.5, 0.6) is 0 Å². The Morgan fingerprint density at radius 3 is 2.72 bits per heavy atom. The van der Waals surface area contributed by atoms with E-state index in [-0.39, 0.29) is 12.2 Å². The molecule has 2 atom stereocenters. The van der Waals surface area contributed by atoms with E-state index in [1.165, 1.54) is 12.5 Å². The lowest BCUT2D eigenvalue weighted by molar-refractivity contribution is -0.138. The molecule has 0 fully saturated rings. The van der Waals surface area contributed by atoms with Crippen molar-refractivity contribution < 1.29 is 18.8 Å². The SMILES string of the molecule is CC(CCn1cc(-c2cn(Cc3ccccc3)cn2)cn1)(CS(=O)O)C(=O)NO. The van der Waals surface area contributed by atoms with Gasteiger partial charge in [-0.15, -0.1) is 0 Å². The molecule has 29 heavy (non-hydrogen) atoms. The zero-order chi connectivity index (χ0) is 20.9. The van der Waals surface area contributed by atoms with Crippen LogP contribution in [0.1, 0.15) is 18.9 Å². The van der Waals surface area contributed by atoms with E-state index in [9.17, 15) is 9.00 Å². The molecule has 1 amide bonds. The fraction of sp³-hybridized carbons (Fsp3) is 0.316. The molecule has 2 aromatic heterocycles. The summed E-state index contributed by atoms with van der Waals surface area (Å²) >= 11 is -2.17. The van der Waals surface area contributed by atoms with Gasteiger partial charge in [-0.1, -0.05) is 30.3 Å². The number of hydrogen-bond acceptors (Lipinski definition) is 5. The predicted octanol–water partition coefficient (Wildman–Crippen LogP) is 1.92. The van der Waals surface area contributed by atoms with Crippen molar-refractivity contribution in [1.82, 2.24) is 24.8 Å². The number of benzene rings is 1. The predicted molar refractivity (Wildman–Crippen MR) is 107 cm³/mol. The van der Waals surface area contributed by atoms with Gasteiger partial charge in [0.25, 0.3) is 0 Å². The molecule has 3 N–H and O–H groups in total. The van der Waals surface area contributed by atoms with Gasteiger partial charge in [-0.25, -0.2) is 14.7 Å². The van der Waals surface area contributed by atoms with Crippen molar-refractivity contribution in [3.63, 3.8) is 0 Å². The number of amides is 1. The molecule has 3 rings (SSSR count). The number of nitrogens with one attached hydrogen (secondary N) is 1. The van der Waals surface area contributed by atoms with Gasteiger partial charge in [0.1, 0.15) is 0 Å². The highest BCUT2D eigenvalue weighted by atomic mass is 32.2. The molecule has 0 aliphatic carbocycles. The number of aromatic nitrogens is 4. The topological polar surface area (TPSA) is 122 Å². The maximum atomic E-state index is 11.9. The lowest BCUT2D eigenvalue weighted by atomic mass is 9.88. The Bertz CT molecular complexity index is 987. The minimum absolute atomic E-state index is 0.231. The molecular formula is C19H23N5O4S. The zero-order valence-corrected chi connectivity index (χ0v) is 16.7. The van der Waals surface area contributed by atoms with Gasteiger partial charge >= 0.3 is 0 Å². The van der Waals surface area contributed by atoms with Crippen LogP contribution >= 0.6 is 0 Å². The molecule has 0 aliphatic heterocycles. The van der Waals surface area contributed by atoms with Crippen molar-refractivity contribution in [1.29, 1.82) is 0 Å². The second-order valence-electron chi connectivity index (χ2n) is 7.13. The first-order chi connectivity index (χ1) is 13.9. The summed E-state index contributed by atoms with van der Waals surface area (Å²) in [5, 5.41) is 13.2. The Labute approximate surface area is 170 Å². The molecule has 0 spiro atoms. The first-order valence-corrected chi connectivity index (χ1v) is 10.3. The van der Waals surface area contributed by atoms with E-state index >= 15 is 0 Å². The van der Waals surface area contributed by atoms with E-state index in [1.807, 2.05) is 35.2 Å². The van der Waals surface area contributed by atoms with Crippen molar-refractivity contribution in [2.24, 2.45) is 5.41 Å². The minimum Gasteiger partial charge on any atom is -0.332 e. The summed E-state index contributed by atoms with van der Waals surface area (Å²) in [6, 6.07) is 10.1. The summed E-state index contributed by atoms with van der Waals surface area (Å²) < 4.78 is 24.0. The molecular weight excluding hydrogens is 394 g/mol. The molecule has 2 unspecified atom stereocenters. The third-order valence-electron chi connectivity index (χ3n) is 4.75. The number of nitrogens with zero attached hydrogens (tertiary/aromatic N) is 4. The summed E-state index contributed by atoms with van der Waals surface area (Å²) in [4.78, 5) is 16.3. The molecule has 9 nitrogen and oxygen atoms in total. The van der Waals surface area contributed by atoms with E-state index < -0.39 is 22.4 Å². The van der Waals surface area contributed by atoms with Gasteiger partial charge < -0.3 is 9.12 Å². The average Bonchev–Trinajstić information content (AvgIpc) is 3.35. The van der Waals surface area contributed by atoms with Crippen LogP contribution in [0.25, 0.3) is 11.3 Å². The highest BCUT2D eigenvalue weighted by Gasteiger charge is 2.35. The molecule has 3 aromatic rings. The van der Waals surface area contributed by atoms with Gasteiger partial charge in [0.05, 0.1) is 29.4 Å². The van der Waals surface area contributed by atoms with E-state index in [1.54, 1.807) is 22.7 Å². The van der Waals surface area contributed by atoms with Gasteiger partial charge in [-0.05, 0) is 18.9 Å². The fourth-order valence-electron chi connectivity index (χ4n) is 3.03. The van der Waals surface area contributed by atoms with Crippen molar-refractivity contribution >= 4 is 17.0 Å². The van der Waals surface area contributed by atoms with Gasteiger partial charge in [0.2, 0.25) is 5.91 Å². The molecule has 0 bridgehead atoms. The van der Waals surface area contributed by atoms with Crippen LogP contribution in [0, 0.1) is 5.41 Å². The van der Waals surface area contributed by atoms with Gasteiger partial charge in [-0.2, -0.15) is 5.10 Å². The zero-order valence-electron chi connectivity index (χ0n) is 15.9. The fourth-order valence-corrected chi connectivity index (χ4v) is 3.85. The molecule has 10 heteroatoms. The number of aryl methyl sites for hydroxylation is 1. The highest BCUT2D eigenvalue weighted by molar-refractivity contribution is 7.79. The van der Waals surface area contributed by atoms with E-state index in [0.29, 0.717) is 6.54 Å². The van der Waals surface area contributed by atoms with Crippen LogP contribution in [-0.4, -0.2) is 45.0 Å². The largest absolute Gasteiger partial charge is 0.332 e. The van der Waals surface area contributed by atoms with Gasteiger partial charge in [0.15, 0.2) is 11.1 Å². The van der Waals surface area contributed by atoms with Crippen LogP contribution in [0.4, 0.5) is 0 Å². The average molecular weight is 417 g/mol. The molecule has 0 saturated carbocycles. The number of carbonyl (C=O) groups is 1. The Morgan fingerprint density at radius 1 is 1.28 bits per heavy atom. The Kier molecular flexibility index (Phi) is 6.57. The summed E-state index contributed by atoms with van der Waals surface area (Å²) in [6.07, 6.45) is 7.42. The quantitative estimate of drug-likeness (QED) is 0.278. The van der Waals surface area contributed by atoms with Gasteiger partial charge in [0, 0.05) is 31.0 Å². The summed E-state index contributed by atoms with van der Waals surface area (Å²) in [6.45, 7) is 2.59. The third kappa shape index (κ3) is 5.37. The monoisotopic (exact) mass is 417 g/mol. The number of hydrogen-bond donors (Lipinski definition) is 3. The Morgan fingerprint density at radius 2 is 2.03 bits per heavy atom. The molecule has 0 saturated heterocycles. The lowest BCUT2D eigenvalue weighted by Gasteiger charge is -2.25. The van der Waals surface area contributed by atoms with Crippen LogP contribution in [0.15, 0.2) is 55.2 Å². The van der Waals surface area contributed by atoms with Crippen LogP contribution in [0.2, 0.25) is 0 Å². The van der Waals surface area contributed by atoms with E-state index in [2.05, 4.69) is 22.2 Å². The number of carbonyl (C=O) groups excluding carboxylic acids is 1. The summed E-state index contributed by atoms with van der Waals surface area (Å²) in [5.41, 5.74) is 3.16. The smallest absolute Gasteiger partial charge is 0.250 e. The normalized spacial score (nSPS) is 14.3. The number of hydroxylamine groups is 1. The van der Waals surface area contributed by atoms with Crippen molar-refractivity contribution in [2.75, 3.05) is 5.75 Å². The first kappa shape index (κ1) is 20.9. The maximum Gasteiger partial charge on any atom is 0.250 e. The lowest BCUT2D eigenvalue weighted by Crippen LogP contribution is -2.42. The van der Waals surface area contributed by atoms with Crippen LogP contribution in [0.3, 0.4) is 0 Å².